The van der Waals surface area contributed by atoms with Gasteiger partial charge in [0.15, 0.2) is 11.5 Å². The number of amidine groups is 1. The van der Waals surface area contributed by atoms with Crippen molar-refractivity contribution < 1.29 is 9.47 Å². The number of aliphatic imine (C=N–C) groups is 1. The molecular formula is C26H26N2O2. The van der Waals surface area contributed by atoms with Gasteiger partial charge in [-0.25, -0.2) is 0 Å². The number of fused-ring (bicyclic) bond motifs is 1. The van der Waals surface area contributed by atoms with Crippen molar-refractivity contribution in [3.63, 3.8) is 0 Å². The zero-order valence-electron chi connectivity index (χ0n) is 17.4. The summed E-state index contributed by atoms with van der Waals surface area (Å²) in [5, 5.41) is 0. The first-order chi connectivity index (χ1) is 14.8. The molecule has 30 heavy (non-hydrogen) atoms. The fraction of sp³-hybridized carbons (Fsp3) is 0.269. The van der Waals surface area contributed by atoms with Gasteiger partial charge in [-0.05, 0) is 35.2 Å². The standard InChI is InChI=1S/C26H26N2O2/c1-29-22-14-13-20(17-23(22)30-2)21-15-16-28-25(19-11-7-4-8-12-19)24(27-26(21)28)18-9-5-3-6-10-18/h3-14,17,21,24-25H,15-16H2,1-2H3/t21?,24-,25-/m0/s1. The van der Waals surface area contributed by atoms with Crippen molar-refractivity contribution in [2.75, 3.05) is 20.8 Å². The highest BCUT2D eigenvalue weighted by Gasteiger charge is 2.44. The summed E-state index contributed by atoms with van der Waals surface area (Å²) in [6.45, 7) is 1.00. The van der Waals surface area contributed by atoms with E-state index < -0.39 is 0 Å². The van der Waals surface area contributed by atoms with Gasteiger partial charge in [-0.3, -0.25) is 4.99 Å². The van der Waals surface area contributed by atoms with Crippen molar-refractivity contribution in [2.24, 2.45) is 4.99 Å². The fourth-order valence-electron chi connectivity index (χ4n) is 4.85. The Hall–Kier alpha value is -3.27. The lowest BCUT2D eigenvalue weighted by Crippen LogP contribution is -2.28. The van der Waals surface area contributed by atoms with Crippen LogP contribution in [0.2, 0.25) is 0 Å². The van der Waals surface area contributed by atoms with E-state index in [4.69, 9.17) is 14.5 Å². The van der Waals surface area contributed by atoms with Crippen molar-refractivity contribution >= 4 is 5.84 Å². The van der Waals surface area contributed by atoms with Crippen LogP contribution in [-0.4, -0.2) is 31.5 Å². The van der Waals surface area contributed by atoms with E-state index in [9.17, 15) is 0 Å². The molecule has 3 aromatic rings. The van der Waals surface area contributed by atoms with Gasteiger partial charge in [0.1, 0.15) is 11.9 Å². The fourth-order valence-corrected chi connectivity index (χ4v) is 4.85. The minimum atomic E-state index is 0.103. The number of rotatable bonds is 5. The Bertz CT molecular complexity index is 1050. The SMILES string of the molecule is COc1ccc(C2CCN3C2=N[C@@H](c2ccccc2)[C@@H]3c2ccccc2)cc1OC. The molecule has 3 atom stereocenters. The highest BCUT2D eigenvalue weighted by Crippen LogP contribution is 2.48. The molecule has 0 N–H and O–H groups in total. The third-order valence-electron chi connectivity index (χ3n) is 6.26. The molecule has 1 unspecified atom stereocenters. The third-order valence-corrected chi connectivity index (χ3v) is 6.26. The molecule has 0 saturated carbocycles. The van der Waals surface area contributed by atoms with E-state index in [1.54, 1.807) is 14.2 Å². The van der Waals surface area contributed by atoms with Crippen LogP contribution in [0.4, 0.5) is 0 Å². The van der Waals surface area contributed by atoms with E-state index in [1.807, 2.05) is 6.07 Å². The maximum Gasteiger partial charge on any atom is 0.161 e. The number of hydrogen-bond donors (Lipinski definition) is 0. The summed E-state index contributed by atoms with van der Waals surface area (Å²) in [6, 6.07) is 28.0. The number of ether oxygens (including phenoxy) is 2. The summed E-state index contributed by atoms with van der Waals surface area (Å²) in [7, 11) is 3.36. The van der Waals surface area contributed by atoms with Gasteiger partial charge < -0.3 is 14.4 Å². The van der Waals surface area contributed by atoms with Gasteiger partial charge in [-0.1, -0.05) is 66.7 Å². The predicted octanol–water partition coefficient (Wildman–Crippen LogP) is 5.39. The van der Waals surface area contributed by atoms with E-state index in [2.05, 4.69) is 77.7 Å². The van der Waals surface area contributed by atoms with Gasteiger partial charge >= 0.3 is 0 Å². The molecule has 0 spiro atoms. The molecule has 4 heteroatoms. The van der Waals surface area contributed by atoms with Crippen LogP contribution in [0.25, 0.3) is 0 Å². The molecule has 1 saturated heterocycles. The Labute approximate surface area is 177 Å². The van der Waals surface area contributed by atoms with Crippen LogP contribution >= 0.6 is 0 Å². The molecule has 5 rings (SSSR count). The summed E-state index contributed by atoms with van der Waals surface area (Å²) in [6.07, 6.45) is 1.05. The van der Waals surface area contributed by atoms with E-state index in [-0.39, 0.29) is 18.0 Å². The first-order valence-corrected chi connectivity index (χ1v) is 10.5. The second-order valence-corrected chi connectivity index (χ2v) is 7.85. The first-order valence-electron chi connectivity index (χ1n) is 10.5. The molecule has 2 aliphatic rings. The van der Waals surface area contributed by atoms with Crippen LogP contribution in [0.3, 0.4) is 0 Å². The van der Waals surface area contributed by atoms with E-state index >= 15 is 0 Å². The highest BCUT2D eigenvalue weighted by atomic mass is 16.5. The van der Waals surface area contributed by atoms with Gasteiger partial charge in [-0.15, -0.1) is 0 Å². The Morgan fingerprint density at radius 1 is 0.767 bits per heavy atom. The maximum absolute atomic E-state index is 5.55. The topological polar surface area (TPSA) is 34.1 Å². The summed E-state index contributed by atoms with van der Waals surface area (Å²) in [5.74, 6) is 2.98. The first kappa shape index (κ1) is 18.7. The Balaban J connectivity index is 1.55. The number of hydrogen-bond acceptors (Lipinski definition) is 4. The predicted molar refractivity (Wildman–Crippen MR) is 119 cm³/mol. The monoisotopic (exact) mass is 398 g/mol. The summed E-state index contributed by atoms with van der Waals surface area (Å²) in [4.78, 5) is 7.81. The van der Waals surface area contributed by atoms with E-state index in [0.29, 0.717) is 0 Å². The Morgan fingerprint density at radius 2 is 1.43 bits per heavy atom. The number of nitrogens with zero attached hydrogens (tertiary/aromatic N) is 2. The van der Waals surface area contributed by atoms with Crippen molar-refractivity contribution in [1.82, 2.24) is 4.90 Å². The Kier molecular flexibility index (Phi) is 4.91. The van der Waals surface area contributed by atoms with Crippen molar-refractivity contribution in [1.29, 1.82) is 0 Å². The van der Waals surface area contributed by atoms with E-state index in [0.717, 1.165) is 24.5 Å². The maximum atomic E-state index is 5.55. The molecule has 2 heterocycles. The molecule has 4 nitrogen and oxygen atoms in total. The number of benzene rings is 3. The van der Waals surface area contributed by atoms with Gasteiger partial charge in [0.25, 0.3) is 0 Å². The smallest absolute Gasteiger partial charge is 0.161 e. The molecular weight excluding hydrogens is 372 g/mol. The van der Waals surface area contributed by atoms with Crippen LogP contribution in [-0.2, 0) is 0 Å². The molecule has 0 aliphatic carbocycles. The molecule has 0 bridgehead atoms. The van der Waals surface area contributed by atoms with Gasteiger partial charge in [0.2, 0.25) is 0 Å². The van der Waals surface area contributed by atoms with Crippen LogP contribution in [0.15, 0.2) is 83.9 Å². The summed E-state index contributed by atoms with van der Waals surface area (Å²) >= 11 is 0. The lowest BCUT2D eigenvalue weighted by Gasteiger charge is -2.28. The van der Waals surface area contributed by atoms with Crippen LogP contribution in [0.5, 0.6) is 11.5 Å². The second-order valence-electron chi connectivity index (χ2n) is 7.85. The number of methoxy groups -OCH3 is 2. The van der Waals surface area contributed by atoms with Crippen LogP contribution < -0.4 is 9.47 Å². The van der Waals surface area contributed by atoms with Crippen molar-refractivity contribution in [3.8, 4) is 11.5 Å². The minimum absolute atomic E-state index is 0.103. The lowest BCUT2D eigenvalue weighted by molar-refractivity contribution is 0.329. The summed E-state index contributed by atoms with van der Waals surface area (Å²) < 4.78 is 11.0. The molecule has 0 aromatic heterocycles. The average molecular weight is 399 g/mol. The normalized spacial score (nSPS) is 22.5. The molecule has 0 radical (unpaired) electrons. The second kappa shape index (κ2) is 7.86. The molecule has 0 amide bonds. The molecule has 1 fully saturated rings. The van der Waals surface area contributed by atoms with Gasteiger partial charge in [-0.2, -0.15) is 0 Å². The van der Waals surface area contributed by atoms with Gasteiger partial charge in [0, 0.05) is 12.5 Å². The van der Waals surface area contributed by atoms with Gasteiger partial charge in [0.05, 0.1) is 20.3 Å². The zero-order chi connectivity index (χ0) is 20.5. The van der Waals surface area contributed by atoms with Crippen molar-refractivity contribution in [3.05, 3.63) is 95.6 Å². The van der Waals surface area contributed by atoms with E-state index in [1.165, 1.54) is 22.5 Å². The largest absolute Gasteiger partial charge is 0.493 e. The zero-order valence-corrected chi connectivity index (χ0v) is 17.4. The molecule has 2 aliphatic heterocycles. The van der Waals surface area contributed by atoms with Crippen LogP contribution in [0, 0.1) is 0 Å². The highest BCUT2D eigenvalue weighted by molar-refractivity contribution is 5.93. The minimum Gasteiger partial charge on any atom is -0.493 e. The van der Waals surface area contributed by atoms with Crippen LogP contribution in [0.1, 0.15) is 41.1 Å². The molecule has 3 aromatic carbocycles. The third kappa shape index (κ3) is 3.13. The average Bonchev–Trinajstić information content (AvgIpc) is 3.39. The molecule has 152 valence electrons. The summed E-state index contributed by atoms with van der Waals surface area (Å²) in [5.41, 5.74) is 3.81. The van der Waals surface area contributed by atoms with Crippen molar-refractivity contribution in [2.45, 2.75) is 24.4 Å². The Morgan fingerprint density at radius 3 is 2.10 bits per heavy atom. The lowest BCUT2D eigenvalue weighted by atomic mass is 9.94. The quantitative estimate of drug-likeness (QED) is 0.578.